The zero-order valence-electron chi connectivity index (χ0n) is 18.1. The first-order valence-corrected chi connectivity index (χ1v) is 11.1. The number of carbonyl (C=O) groups is 1. The number of nitrogens with one attached hydrogen (secondary N) is 1. The van der Waals surface area contributed by atoms with E-state index in [2.05, 4.69) is 10.4 Å². The van der Waals surface area contributed by atoms with Gasteiger partial charge in [-0.2, -0.15) is 9.40 Å². The van der Waals surface area contributed by atoms with Crippen LogP contribution < -0.4 is 5.32 Å². The summed E-state index contributed by atoms with van der Waals surface area (Å²) in [5.41, 5.74) is 1.15. The topological polar surface area (TPSA) is 103 Å². The predicted molar refractivity (Wildman–Crippen MR) is 114 cm³/mol. The van der Waals surface area contributed by atoms with Crippen LogP contribution in [-0.4, -0.2) is 68.9 Å². The van der Waals surface area contributed by atoms with Crippen molar-refractivity contribution in [3.8, 4) is 0 Å². The highest BCUT2D eigenvalue weighted by Gasteiger charge is 2.24. The number of rotatable bonds is 11. The van der Waals surface area contributed by atoms with E-state index in [1.807, 2.05) is 20.8 Å². The molecule has 166 valence electrons. The minimum atomic E-state index is -3.73. The van der Waals surface area contributed by atoms with Crippen molar-refractivity contribution in [1.82, 2.24) is 14.1 Å². The molecule has 0 atom stereocenters. The molecule has 0 saturated carbocycles. The summed E-state index contributed by atoms with van der Waals surface area (Å²) in [7, 11) is -0.704. The highest BCUT2D eigenvalue weighted by molar-refractivity contribution is 7.89. The zero-order chi connectivity index (χ0) is 22.3. The summed E-state index contributed by atoms with van der Waals surface area (Å²) in [4.78, 5) is 12.7. The number of aromatic nitrogens is 2. The molecule has 0 saturated heterocycles. The number of sulfonamides is 1. The largest absolute Gasteiger partial charge is 0.383 e. The molecule has 0 radical (unpaired) electrons. The maximum absolute atomic E-state index is 12.9. The maximum Gasteiger partial charge on any atom is 0.256 e. The predicted octanol–water partition coefficient (Wildman–Crippen LogP) is 2.31. The molecule has 1 aromatic carbocycles. The molecular formula is C20H30N4O5S. The summed E-state index contributed by atoms with van der Waals surface area (Å²) in [6, 6.07) is 7.74. The van der Waals surface area contributed by atoms with Gasteiger partial charge in [0.2, 0.25) is 10.0 Å². The number of anilines is 1. The number of hydrogen-bond acceptors (Lipinski definition) is 6. The van der Waals surface area contributed by atoms with Gasteiger partial charge >= 0.3 is 0 Å². The molecule has 2 aromatic rings. The van der Waals surface area contributed by atoms with E-state index in [-0.39, 0.29) is 43.1 Å². The fourth-order valence-electron chi connectivity index (χ4n) is 2.86. The molecule has 1 amide bonds. The van der Waals surface area contributed by atoms with Gasteiger partial charge in [0.15, 0.2) is 0 Å². The summed E-state index contributed by atoms with van der Waals surface area (Å²) in [6.45, 7) is 6.76. The van der Waals surface area contributed by atoms with Crippen LogP contribution in [0.5, 0.6) is 0 Å². The van der Waals surface area contributed by atoms with Gasteiger partial charge < -0.3 is 14.8 Å². The third kappa shape index (κ3) is 5.88. The molecular weight excluding hydrogens is 408 g/mol. The summed E-state index contributed by atoms with van der Waals surface area (Å²) in [5, 5.41) is 7.20. The Kier molecular flexibility index (Phi) is 8.54. The molecule has 0 bridgehead atoms. The number of nitrogens with zero attached hydrogens (tertiary/aromatic N) is 3. The van der Waals surface area contributed by atoms with Gasteiger partial charge in [-0.25, -0.2) is 13.1 Å². The highest BCUT2D eigenvalue weighted by atomic mass is 32.2. The molecule has 0 aliphatic rings. The Hall–Kier alpha value is -2.27. The quantitative estimate of drug-likeness (QED) is 0.578. The Morgan fingerprint density at radius 2 is 1.70 bits per heavy atom. The second-order valence-electron chi connectivity index (χ2n) is 7.08. The Morgan fingerprint density at radius 1 is 1.13 bits per heavy atom. The number of methoxy groups -OCH3 is 2. The molecule has 2 rings (SSSR count). The van der Waals surface area contributed by atoms with Crippen molar-refractivity contribution in [1.29, 1.82) is 0 Å². The van der Waals surface area contributed by atoms with Crippen molar-refractivity contribution in [2.24, 2.45) is 0 Å². The number of amides is 1. The lowest BCUT2D eigenvalue weighted by Crippen LogP contribution is -2.36. The first kappa shape index (κ1) is 24.0. The van der Waals surface area contributed by atoms with Gasteiger partial charge in [-0.1, -0.05) is 0 Å². The van der Waals surface area contributed by atoms with Crippen molar-refractivity contribution < 1.29 is 22.7 Å². The summed E-state index contributed by atoms with van der Waals surface area (Å²) in [6.07, 6.45) is 0. The molecule has 0 unspecified atom stereocenters. The number of carbonyl (C=O) groups excluding carboxylic acids is 1. The Morgan fingerprint density at radius 3 is 2.20 bits per heavy atom. The molecule has 1 N–H and O–H groups in total. The molecule has 0 fully saturated rings. The van der Waals surface area contributed by atoms with Crippen LogP contribution in [0.1, 0.15) is 35.9 Å². The molecule has 30 heavy (non-hydrogen) atoms. The van der Waals surface area contributed by atoms with Crippen molar-refractivity contribution in [3.63, 3.8) is 0 Å². The fraction of sp³-hybridized carbons (Fsp3) is 0.500. The van der Waals surface area contributed by atoms with Crippen LogP contribution >= 0.6 is 0 Å². The van der Waals surface area contributed by atoms with Gasteiger partial charge in [0.1, 0.15) is 5.82 Å². The summed E-state index contributed by atoms with van der Waals surface area (Å²) in [5.74, 6) is 0.255. The van der Waals surface area contributed by atoms with Crippen LogP contribution in [0.15, 0.2) is 35.2 Å². The van der Waals surface area contributed by atoms with E-state index in [0.717, 1.165) is 5.69 Å². The van der Waals surface area contributed by atoms with Crippen LogP contribution in [0, 0.1) is 6.92 Å². The lowest BCUT2D eigenvalue weighted by atomic mass is 10.2. The molecule has 0 spiro atoms. The SMILES string of the molecule is COCCN(CCOC)S(=O)(=O)c1ccc(C(=O)Nc2cc(C)nn2C(C)C)cc1. The minimum Gasteiger partial charge on any atom is -0.383 e. The normalized spacial score (nSPS) is 12.0. The first-order valence-electron chi connectivity index (χ1n) is 9.66. The Labute approximate surface area is 178 Å². The van der Waals surface area contributed by atoms with Gasteiger partial charge in [-0.3, -0.25) is 4.79 Å². The van der Waals surface area contributed by atoms with Crippen molar-refractivity contribution in [2.45, 2.75) is 31.7 Å². The van der Waals surface area contributed by atoms with Gasteiger partial charge in [-0.15, -0.1) is 0 Å². The molecule has 0 aliphatic heterocycles. The number of benzene rings is 1. The van der Waals surface area contributed by atoms with Gasteiger partial charge in [0.05, 0.1) is 23.8 Å². The average molecular weight is 439 g/mol. The van der Waals surface area contributed by atoms with E-state index >= 15 is 0 Å². The van der Waals surface area contributed by atoms with Crippen LogP contribution in [-0.2, 0) is 19.5 Å². The van der Waals surface area contributed by atoms with E-state index in [9.17, 15) is 13.2 Å². The summed E-state index contributed by atoms with van der Waals surface area (Å²) >= 11 is 0. The van der Waals surface area contributed by atoms with Crippen molar-refractivity contribution >= 4 is 21.7 Å². The van der Waals surface area contributed by atoms with E-state index in [1.165, 1.54) is 42.8 Å². The Balaban J connectivity index is 2.19. The first-order chi connectivity index (χ1) is 14.2. The van der Waals surface area contributed by atoms with Crippen molar-refractivity contribution in [2.75, 3.05) is 45.8 Å². The lowest BCUT2D eigenvalue weighted by molar-refractivity contribution is 0.102. The van der Waals surface area contributed by atoms with E-state index in [4.69, 9.17) is 9.47 Å². The molecule has 0 aliphatic carbocycles. The second kappa shape index (κ2) is 10.7. The zero-order valence-corrected chi connectivity index (χ0v) is 18.9. The van der Waals surface area contributed by atoms with Crippen LogP contribution in [0.3, 0.4) is 0 Å². The number of aryl methyl sites for hydroxylation is 1. The van der Waals surface area contributed by atoms with E-state index < -0.39 is 10.0 Å². The van der Waals surface area contributed by atoms with Gasteiger partial charge in [0.25, 0.3) is 5.91 Å². The molecule has 1 heterocycles. The van der Waals surface area contributed by atoms with E-state index in [1.54, 1.807) is 10.7 Å². The summed E-state index contributed by atoms with van der Waals surface area (Å²) < 4.78 is 38.9. The third-order valence-corrected chi connectivity index (χ3v) is 6.35. The molecule has 1 aromatic heterocycles. The fourth-order valence-corrected chi connectivity index (χ4v) is 4.27. The standard InChI is InChI=1S/C20H30N4O5S/c1-15(2)24-19(14-16(3)22-24)21-20(25)17-6-8-18(9-7-17)30(26,27)23(10-12-28-4)11-13-29-5/h6-9,14-15H,10-13H2,1-5H3,(H,21,25). The average Bonchev–Trinajstić information content (AvgIpc) is 3.08. The van der Waals surface area contributed by atoms with E-state index in [0.29, 0.717) is 11.4 Å². The van der Waals surface area contributed by atoms with Crippen molar-refractivity contribution in [3.05, 3.63) is 41.6 Å². The molecule has 10 heteroatoms. The third-order valence-electron chi connectivity index (χ3n) is 4.43. The molecule has 9 nitrogen and oxygen atoms in total. The Bertz CT molecular complexity index is 931. The monoisotopic (exact) mass is 438 g/mol. The van der Waals surface area contributed by atoms with Gasteiger partial charge in [0, 0.05) is 45.0 Å². The van der Waals surface area contributed by atoms with Crippen LogP contribution in [0.25, 0.3) is 0 Å². The lowest BCUT2D eigenvalue weighted by Gasteiger charge is -2.21. The number of ether oxygens (including phenoxy) is 2. The van der Waals surface area contributed by atoms with Crippen LogP contribution in [0.2, 0.25) is 0 Å². The maximum atomic E-state index is 12.9. The van der Waals surface area contributed by atoms with Crippen LogP contribution in [0.4, 0.5) is 5.82 Å². The minimum absolute atomic E-state index is 0.0895. The smallest absolute Gasteiger partial charge is 0.256 e. The highest BCUT2D eigenvalue weighted by Crippen LogP contribution is 2.19. The number of hydrogen-bond donors (Lipinski definition) is 1. The van der Waals surface area contributed by atoms with Gasteiger partial charge in [-0.05, 0) is 45.0 Å². The second-order valence-corrected chi connectivity index (χ2v) is 9.02.